The van der Waals surface area contributed by atoms with Gasteiger partial charge in [-0.15, -0.1) is 0 Å². The molecule has 1 aliphatic rings. The SMILES string of the molecule is Cc1oc(NC(=O)CN2CCCN(C(=O)c3ccccc3)CC2)c(C#N)c1C. The summed E-state index contributed by atoms with van der Waals surface area (Å²) in [4.78, 5) is 28.9. The van der Waals surface area contributed by atoms with Gasteiger partial charge in [0.25, 0.3) is 5.91 Å². The topological polar surface area (TPSA) is 89.6 Å². The van der Waals surface area contributed by atoms with E-state index in [0.29, 0.717) is 36.5 Å². The van der Waals surface area contributed by atoms with Crippen LogP contribution in [0.15, 0.2) is 34.7 Å². The third-order valence-electron chi connectivity index (χ3n) is 5.01. The van der Waals surface area contributed by atoms with Gasteiger partial charge in [0.05, 0.1) is 6.54 Å². The fraction of sp³-hybridized carbons (Fsp3) is 0.381. The summed E-state index contributed by atoms with van der Waals surface area (Å²) in [5.74, 6) is 0.620. The highest BCUT2D eigenvalue weighted by molar-refractivity contribution is 5.94. The first-order valence-electron chi connectivity index (χ1n) is 9.36. The van der Waals surface area contributed by atoms with Gasteiger partial charge in [0, 0.05) is 37.3 Å². The van der Waals surface area contributed by atoms with Crippen LogP contribution in [-0.2, 0) is 4.79 Å². The lowest BCUT2D eigenvalue weighted by Gasteiger charge is -2.21. The van der Waals surface area contributed by atoms with Crippen LogP contribution < -0.4 is 5.32 Å². The van der Waals surface area contributed by atoms with Gasteiger partial charge in [-0.3, -0.25) is 19.8 Å². The van der Waals surface area contributed by atoms with Gasteiger partial charge in [-0.25, -0.2) is 0 Å². The van der Waals surface area contributed by atoms with Gasteiger partial charge < -0.3 is 9.32 Å². The van der Waals surface area contributed by atoms with Crippen LogP contribution in [0.2, 0.25) is 0 Å². The molecular formula is C21H24N4O3. The Bertz CT molecular complexity index is 898. The molecule has 0 radical (unpaired) electrons. The first-order valence-corrected chi connectivity index (χ1v) is 9.36. The molecule has 2 heterocycles. The minimum atomic E-state index is -0.229. The average Bonchev–Trinajstić information content (AvgIpc) is 2.85. The molecule has 1 aliphatic heterocycles. The average molecular weight is 380 g/mol. The van der Waals surface area contributed by atoms with E-state index < -0.39 is 0 Å². The maximum atomic E-state index is 12.6. The molecule has 28 heavy (non-hydrogen) atoms. The standard InChI is InChI=1S/C21H24N4O3/c1-15-16(2)28-20(18(15)13-22)23-19(26)14-24-9-6-10-25(12-11-24)21(27)17-7-4-3-5-8-17/h3-5,7-8H,6,9-12,14H2,1-2H3,(H,23,26). The second kappa shape index (κ2) is 8.72. The van der Waals surface area contributed by atoms with Crippen molar-refractivity contribution >= 4 is 17.7 Å². The largest absolute Gasteiger partial charge is 0.444 e. The van der Waals surface area contributed by atoms with Gasteiger partial charge in [0.15, 0.2) is 0 Å². The van der Waals surface area contributed by atoms with Crippen molar-refractivity contribution in [2.45, 2.75) is 20.3 Å². The van der Waals surface area contributed by atoms with Gasteiger partial charge in [-0.05, 0) is 32.4 Å². The molecule has 2 amide bonds. The van der Waals surface area contributed by atoms with E-state index in [1.165, 1.54) is 0 Å². The molecule has 1 aromatic carbocycles. The highest BCUT2D eigenvalue weighted by Gasteiger charge is 2.22. The van der Waals surface area contributed by atoms with Crippen molar-refractivity contribution in [2.75, 3.05) is 38.0 Å². The Hall–Kier alpha value is -3.11. The molecule has 146 valence electrons. The zero-order valence-electron chi connectivity index (χ0n) is 16.2. The van der Waals surface area contributed by atoms with Crippen LogP contribution in [0, 0.1) is 25.2 Å². The van der Waals surface area contributed by atoms with E-state index in [1.807, 2.05) is 40.1 Å². The van der Waals surface area contributed by atoms with Gasteiger partial charge >= 0.3 is 0 Å². The second-order valence-corrected chi connectivity index (χ2v) is 6.94. The summed E-state index contributed by atoms with van der Waals surface area (Å²) >= 11 is 0. The van der Waals surface area contributed by atoms with Gasteiger partial charge in [-0.2, -0.15) is 5.26 Å². The maximum absolute atomic E-state index is 12.6. The number of rotatable bonds is 4. The molecule has 1 aromatic heterocycles. The Labute approximate surface area is 164 Å². The van der Waals surface area contributed by atoms with Crippen LogP contribution in [0.5, 0.6) is 0 Å². The van der Waals surface area contributed by atoms with E-state index in [0.717, 1.165) is 18.5 Å². The van der Waals surface area contributed by atoms with Crippen molar-refractivity contribution in [2.24, 2.45) is 0 Å². The van der Waals surface area contributed by atoms with E-state index in [2.05, 4.69) is 11.4 Å². The zero-order chi connectivity index (χ0) is 20.1. The summed E-state index contributed by atoms with van der Waals surface area (Å²) in [5, 5.41) is 12.0. The molecule has 0 atom stereocenters. The zero-order valence-corrected chi connectivity index (χ0v) is 16.2. The number of hydrogen-bond donors (Lipinski definition) is 1. The molecule has 7 heteroatoms. The minimum absolute atomic E-state index is 0.0205. The fourth-order valence-electron chi connectivity index (χ4n) is 3.31. The molecule has 7 nitrogen and oxygen atoms in total. The minimum Gasteiger partial charge on any atom is -0.444 e. The molecule has 3 rings (SSSR count). The first kappa shape index (κ1) is 19.6. The van der Waals surface area contributed by atoms with E-state index in [9.17, 15) is 14.9 Å². The Morgan fingerprint density at radius 3 is 2.61 bits per heavy atom. The molecule has 0 spiro atoms. The summed E-state index contributed by atoms with van der Waals surface area (Å²) in [6.07, 6.45) is 0.800. The van der Waals surface area contributed by atoms with Crippen molar-refractivity contribution < 1.29 is 14.0 Å². The van der Waals surface area contributed by atoms with E-state index in [-0.39, 0.29) is 24.2 Å². The van der Waals surface area contributed by atoms with Crippen molar-refractivity contribution in [3.05, 3.63) is 52.8 Å². The Morgan fingerprint density at radius 2 is 1.89 bits per heavy atom. The van der Waals surface area contributed by atoms with Crippen LogP contribution in [0.25, 0.3) is 0 Å². The quantitative estimate of drug-likeness (QED) is 0.880. The van der Waals surface area contributed by atoms with Crippen molar-refractivity contribution in [1.29, 1.82) is 5.26 Å². The number of benzene rings is 1. The monoisotopic (exact) mass is 380 g/mol. The first-order chi connectivity index (χ1) is 13.5. The number of nitrogens with one attached hydrogen (secondary N) is 1. The van der Waals surface area contributed by atoms with E-state index in [1.54, 1.807) is 13.8 Å². The number of carbonyl (C=O) groups excluding carboxylic acids is 2. The molecule has 1 saturated heterocycles. The summed E-state index contributed by atoms with van der Waals surface area (Å²) in [5.41, 5.74) is 1.78. The number of anilines is 1. The molecule has 0 aliphatic carbocycles. The van der Waals surface area contributed by atoms with Crippen LogP contribution in [0.3, 0.4) is 0 Å². The third-order valence-corrected chi connectivity index (χ3v) is 5.01. The molecule has 2 aromatic rings. The van der Waals surface area contributed by atoms with E-state index in [4.69, 9.17) is 4.42 Å². The highest BCUT2D eigenvalue weighted by Crippen LogP contribution is 2.25. The maximum Gasteiger partial charge on any atom is 0.253 e. The van der Waals surface area contributed by atoms with Crippen molar-refractivity contribution in [1.82, 2.24) is 9.80 Å². The molecule has 0 unspecified atom stereocenters. The number of nitrogens with zero attached hydrogens (tertiary/aromatic N) is 3. The lowest BCUT2D eigenvalue weighted by atomic mass is 10.2. The molecule has 1 fully saturated rings. The Kier molecular flexibility index (Phi) is 6.12. The Morgan fingerprint density at radius 1 is 1.14 bits per heavy atom. The number of furan rings is 1. The third kappa shape index (κ3) is 4.41. The molecule has 1 N–H and O–H groups in total. The number of nitriles is 1. The van der Waals surface area contributed by atoms with Gasteiger partial charge in [0.1, 0.15) is 17.4 Å². The number of hydrogen-bond acceptors (Lipinski definition) is 5. The molecule has 0 bridgehead atoms. The smallest absolute Gasteiger partial charge is 0.253 e. The van der Waals surface area contributed by atoms with Crippen LogP contribution in [0.1, 0.15) is 33.7 Å². The molecular weight excluding hydrogens is 356 g/mol. The number of carbonyl (C=O) groups is 2. The van der Waals surface area contributed by atoms with Crippen LogP contribution in [0.4, 0.5) is 5.88 Å². The van der Waals surface area contributed by atoms with Crippen molar-refractivity contribution in [3.63, 3.8) is 0 Å². The summed E-state index contributed by atoms with van der Waals surface area (Å²) in [6, 6.07) is 11.3. The highest BCUT2D eigenvalue weighted by atomic mass is 16.4. The predicted molar refractivity (Wildman–Crippen MR) is 105 cm³/mol. The fourth-order valence-corrected chi connectivity index (χ4v) is 3.31. The predicted octanol–water partition coefficient (Wildman–Crippen LogP) is 2.55. The van der Waals surface area contributed by atoms with Crippen LogP contribution in [-0.4, -0.2) is 54.3 Å². The lowest BCUT2D eigenvalue weighted by Crippen LogP contribution is -2.38. The Balaban J connectivity index is 1.56. The van der Waals surface area contributed by atoms with Gasteiger partial charge in [0.2, 0.25) is 11.8 Å². The number of amides is 2. The van der Waals surface area contributed by atoms with Crippen molar-refractivity contribution in [3.8, 4) is 6.07 Å². The number of aryl methyl sites for hydroxylation is 1. The lowest BCUT2D eigenvalue weighted by molar-refractivity contribution is -0.117. The second-order valence-electron chi connectivity index (χ2n) is 6.94. The van der Waals surface area contributed by atoms with Gasteiger partial charge in [-0.1, -0.05) is 18.2 Å². The van der Waals surface area contributed by atoms with E-state index >= 15 is 0 Å². The summed E-state index contributed by atoms with van der Waals surface area (Å²) in [7, 11) is 0. The summed E-state index contributed by atoms with van der Waals surface area (Å²) < 4.78 is 5.49. The van der Waals surface area contributed by atoms with Crippen LogP contribution >= 0.6 is 0 Å². The molecule has 0 saturated carbocycles. The normalized spacial score (nSPS) is 15.0. The summed E-state index contributed by atoms with van der Waals surface area (Å²) in [6.45, 7) is 6.33.